The molecule has 0 aromatic heterocycles. The number of carbonyl (C=O) groups is 2. The molecule has 0 saturated carbocycles. The van der Waals surface area contributed by atoms with Crippen molar-refractivity contribution < 1.29 is 14.3 Å². The highest BCUT2D eigenvalue weighted by Crippen LogP contribution is 2.47. The summed E-state index contributed by atoms with van der Waals surface area (Å²) in [7, 11) is 1.36. The van der Waals surface area contributed by atoms with E-state index in [1.54, 1.807) is 12.1 Å². The Morgan fingerprint density at radius 3 is 2.84 bits per heavy atom. The molecule has 2 atom stereocenters. The van der Waals surface area contributed by atoms with Gasteiger partial charge in [0.1, 0.15) is 0 Å². The zero-order valence-corrected chi connectivity index (χ0v) is 14.2. The molecule has 0 fully saturated rings. The zero-order chi connectivity index (χ0) is 17.6. The highest BCUT2D eigenvalue weighted by molar-refractivity contribution is 6.09. The van der Waals surface area contributed by atoms with Crippen molar-refractivity contribution in [2.75, 3.05) is 13.7 Å². The molecule has 4 rings (SSSR count). The van der Waals surface area contributed by atoms with Crippen LogP contribution >= 0.6 is 0 Å². The van der Waals surface area contributed by atoms with E-state index in [2.05, 4.69) is 10.2 Å². The number of aryl methyl sites for hydroxylation is 1. The van der Waals surface area contributed by atoms with Crippen LogP contribution in [0, 0.1) is 6.92 Å². The molecular weight excluding hydrogens is 316 g/mol. The Morgan fingerprint density at radius 1 is 1.24 bits per heavy atom. The van der Waals surface area contributed by atoms with E-state index >= 15 is 0 Å². The van der Waals surface area contributed by atoms with Crippen LogP contribution in [0.4, 0.5) is 0 Å². The summed E-state index contributed by atoms with van der Waals surface area (Å²) in [5.41, 5.74) is 3.14. The van der Waals surface area contributed by atoms with Crippen LogP contribution in [0.1, 0.15) is 43.3 Å². The molecule has 1 aliphatic heterocycles. The minimum atomic E-state index is -0.944. The number of hydrogen-bond acceptors (Lipinski definition) is 5. The lowest BCUT2D eigenvalue weighted by Crippen LogP contribution is -2.39. The molecule has 0 saturated heterocycles. The van der Waals surface area contributed by atoms with Crippen LogP contribution in [-0.2, 0) is 11.2 Å². The molecule has 2 aliphatic rings. The monoisotopic (exact) mass is 334 g/mol. The molecule has 0 bridgehead atoms. The summed E-state index contributed by atoms with van der Waals surface area (Å²) in [5.74, 6) is -0.673. The first kappa shape index (κ1) is 15.7. The molecule has 0 unspecified atom stereocenters. The molecule has 1 heterocycles. The summed E-state index contributed by atoms with van der Waals surface area (Å²) in [4.78, 5) is 25.4. The first-order valence-electron chi connectivity index (χ1n) is 8.27. The number of nitrogens with zero attached hydrogens (tertiary/aromatic N) is 2. The van der Waals surface area contributed by atoms with Gasteiger partial charge in [0.25, 0.3) is 0 Å². The fourth-order valence-electron chi connectivity index (χ4n) is 3.98. The SMILES string of the molecule is COC(=O)c1ccccc1[C@H]1CN=N[C@@]12Cc1cc(C)ccc1C2=O. The van der Waals surface area contributed by atoms with Crippen LogP contribution in [0.5, 0.6) is 0 Å². The predicted octanol–water partition coefficient (Wildman–Crippen LogP) is 3.51. The molecule has 0 radical (unpaired) electrons. The maximum absolute atomic E-state index is 13.2. The van der Waals surface area contributed by atoms with E-state index in [1.807, 2.05) is 37.3 Å². The van der Waals surface area contributed by atoms with Gasteiger partial charge in [-0.3, -0.25) is 4.79 Å². The van der Waals surface area contributed by atoms with E-state index in [0.717, 1.165) is 16.7 Å². The average Bonchev–Trinajstić information content (AvgIpc) is 3.16. The third-order valence-corrected chi connectivity index (χ3v) is 5.19. The summed E-state index contributed by atoms with van der Waals surface area (Å²) >= 11 is 0. The maximum atomic E-state index is 13.2. The molecule has 0 amide bonds. The Morgan fingerprint density at radius 2 is 2.04 bits per heavy atom. The highest BCUT2D eigenvalue weighted by atomic mass is 16.5. The summed E-state index contributed by atoms with van der Waals surface area (Å²) in [6.45, 7) is 2.41. The van der Waals surface area contributed by atoms with E-state index in [9.17, 15) is 9.59 Å². The number of rotatable bonds is 2. The minimum Gasteiger partial charge on any atom is -0.465 e. The average molecular weight is 334 g/mol. The van der Waals surface area contributed by atoms with Gasteiger partial charge in [0, 0.05) is 17.9 Å². The van der Waals surface area contributed by atoms with Crippen molar-refractivity contribution in [2.45, 2.75) is 24.8 Å². The molecule has 1 aliphatic carbocycles. The molecule has 126 valence electrons. The van der Waals surface area contributed by atoms with Crippen LogP contribution < -0.4 is 0 Å². The number of Topliss-reactive ketones (excluding diaryl/α,β-unsaturated/α-hetero) is 1. The number of carbonyl (C=O) groups excluding carboxylic acids is 2. The third kappa shape index (κ3) is 2.22. The van der Waals surface area contributed by atoms with Gasteiger partial charge in [-0.15, -0.1) is 0 Å². The molecule has 2 aromatic rings. The Kier molecular flexibility index (Phi) is 3.53. The second-order valence-electron chi connectivity index (χ2n) is 6.65. The molecule has 0 N–H and O–H groups in total. The minimum absolute atomic E-state index is 0.00609. The molecule has 2 aromatic carbocycles. The number of ether oxygens (including phenoxy) is 1. The van der Waals surface area contributed by atoms with Crippen molar-refractivity contribution in [2.24, 2.45) is 10.2 Å². The van der Waals surface area contributed by atoms with E-state index in [0.29, 0.717) is 24.1 Å². The first-order chi connectivity index (χ1) is 12.1. The summed E-state index contributed by atoms with van der Waals surface area (Å²) in [6.07, 6.45) is 0.520. The predicted molar refractivity (Wildman–Crippen MR) is 92.2 cm³/mol. The number of ketones is 1. The van der Waals surface area contributed by atoms with Crippen LogP contribution in [-0.4, -0.2) is 30.9 Å². The van der Waals surface area contributed by atoms with Crippen LogP contribution in [0.3, 0.4) is 0 Å². The number of benzene rings is 2. The second-order valence-corrected chi connectivity index (χ2v) is 6.65. The normalized spacial score (nSPS) is 23.9. The summed E-state index contributed by atoms with van der Waals surface area (Å²) < 4.78 is 4.91. The summed E-state index contributed by atoms with van der Waals surface area (Å²) in [6, 6.07) is 13.1. The van der Waals surface area contributed by atoms with Gasteiger partial charge in [-0.1, -0.05) is 42.0 Å². The van der Waals surface area contributed by atoms with Crippen molar-refractivity contribution >= 4 is 11.8 Å². The lowest BCUT2D eigenvalue weighted by atomic mass is 9.76. The lowest BCUT2D eigenvalue weighted by molar-refractivity contribution is 0.0597. The second kappa shape index (κ2) is 5.62. The van der Waals surface area contributed by atoms with E-state index in [4.69, 9.17) is 4.74 Å². The lowest BCUT2D eigenvalue weighted by Gasteiger charge is -2.26. The van der Waals surface area contributed by atoms with Gasteiger partial charge < -0.3 is 4.74 Å². The van der Waals surface area contributed by atoms with Crippen LogP contribution in [0.15, 0.2) is 52.7 Å². The fourth-order valence-corrected chi connectivity index (χ4v) is 3.98. The van der Waals surface area contributed by atoms with Crippen LogP contribution in [0.25, 0.3) is 0 Å². The number of methoxy groups -OCH3 is 1. The van der Waals surface area contributed by atoms with Gasteiger partial charge in [-0.05, 0) is 24.1 Å². The van der Waals surface area contributed by atoms with Gasteiger partial charge in [0.15, 0.2) is 11.3 Å². The smallest absolute Gasteiger partial charge is 0.338 e. The molecular formula is C20H18N2O3. The van der Waals surface area contributed by atoms with Crippen molar-refractivity contribution in [3.8, 4) is 0 Å². The highest BCUT2D eigenvalue weighted by Gasteiger charge is 2.55. The van der Waals surface area contributed by atoms with Crippen LogP contribution in [0.2, 0.25) is 0 Å². The van der Waals surface area contributed by atoms with E-state index in [1.165, 1.54) is 7.11 Å². The quantitative estimate of drug-likeness (QED) is 0.789. The fraction of sp³-hybridized carbons (Fsp3) is 0.300. The molecule has 5 heteroatoms. The Bertz CT molecular complexity index is 919. The topological polar surface area (TPSA) is 68.1 Å². The van der Waals surface area contributed by atoms with Crippen molar-refractivity contribution in [3.05, 3.63) is 70.3 Å². The maximum Gasteiger partial charge on any atom is 0.338 e. The van der Waals surface area contributed by atoms with Gasteiger partial charge in [0.05, 0.1) is 19.2 Å². The van der Waals surface area contributed by atoms with E-state index < -0.39 is 11.5 Å². The number of fused-ring (bicyclic) bond motifs is 1. The van der Waals surface area contributed by atoms with Gasteiger partial charge in [-0.25, -0.2) is 4.79 Å². The number of azo groups is 1. The van der Waals surface area contributed by atoms with Gasteiger partial charge in [-0.2, -0.15) is 10.2 Å². The molecule has 5 nitrogen and oxygen atoms in total. The zero-order valence-electron chi connectivity index (χ0n) is 14.2. The number of esters is 1. The Balaban J connectivity index is 1.82. The van der Waals surface area contributed by atoms with Gasteiger partial charge >= 0.3 is 5.97 Å². The van der Waals surface area contributed by atoms with Crippen molar-refractivity contribution in [1.82, 2.24) is 0 Å². The Hall–Kier alpha value is -2.82. The standard InChI is InChI=1S/C20H18N2O3/c1-12-7-8-14-13(9-12)10-20(18(14)23)17(11-21-22-20)15-5-3-4-6-16(15)19(24)25-2/h3-9,17H,10-11H2,1-2H3/t17-,20+/m1/s1. The van der Waals surface area contributed by atoms with Gasteiger partial charge in [0.2, 0.25) is 0 Å². The molecule has 25 heavy (non-hydrogen) atoms. The number of hydrogen-bond donors (Lipinski definition) is 0. The molecule has 1 spiro atoms. The third-order valence-electron chi connectivity index (χ3n) is 5.19. The Labute approximate surface area is 145 Å². The van der Waals surface area contributed by atoms with E-state index in [-0.39, 0.29) is 11.7 Å². The van der Waals surface area contributed by atoms with Crippen molar-refractivity contribution in [3.63, 3.8) is 0 Å². The van der Waals surface area contributed by atoms with Crippen molar-refractivity contribution in [1.29, 1.82) is 0 Å². The largest absolute Gasteiger partial charge is 0.465 e. The summed E-state index contributed by atoms with van der Waals surface area (Å²) in [5, 5.41) is 8.61. The first-order valence-corrected chi connectivity index (χ1v) is 8.27.